The van der Waals surface area contributed by atoms with Gasteiger partial charge in [0.1, 0.15) is 5.82 Å². The van der Waals surface area contributed by atoms with E-state index in [0.29, 0.717) is 6.54 Å². The maximum Gasteiger partial charge on any atom is 0.161 e. The molecule has 2 atom stereocenters. The Labute approximate surface area is 210 Å². The lowest BCUT2D eigenvalue weighted by atomic mass is 10.1. The fourth-order valence-corrected chi connectivity index (χ4v) is 6.17. The highest BCUT2D eigenvalue weighted by atomic mass is 19.1. The van der Waals surface area contributed by atoms with Crippen molar-refractivity contribution >= 4 is 5.69 Å². The van der Waals surface area contributed by atoms with Gasteiger partial charge >= 0.3 is 0 Å². The number of aliphatic hydroxyl groups excluding tert-OH is 1. The normalized spacial score (nSPS) is 21.3. The summed E-state index contributed by atoms with van der Waals surface area (Å²) in [6.07, 6.45) is 8.25. The Hall–Kier alpha value is -3.42. The maximum absolute atomic E-state index is 13.5. The van der Waals surface area contributed by atoms with Crippen LogP contribution in [-0.2, 0) is 6.54 Å². The summed E-state index contributed by atoms with van der Waals surface area (Å²) in [7, 11) is 0. The Morgan fingerprint density at radius 2 is 1.81 bits per heavy atom. The number of imidazole rings is 1. The molecule has 1 N–H and O–H groups in total. The van der Waals surface area contributed by atoms with Gasteiger partial charge < -0.3 is 19.5 Å². The molecule has 3 aliphatic rings. The quantitative estimate of drug-likeness (QED) is 0.412. The van der Waals surface area contributed by atoms with Crippen molar-refractivity contribution in [1.82, 2.24) is 19.0 Å². The topological polar surface area (TPSA) is 49.5 Å². The highest BCUT2D eigenvalue weighted by Crippen LogP contribution is 2.36. The highest BCUT2D eigenvalue weighted by Gasteiger charge is 2.33. The summed E-state index contributed by atoms with van der Waals surface area (Å²) >= 11 is 0. The van der Waals surface area contributed by atoms with Crippen molar-refractivity contribution in [3.8, 4) is 28.3 Å². The number of aromatic nitrogens is 3. The molecular weight excluding hydrogens is 453 g/mol. The first-order valence-electron chi connectivity index (χ1n) is 12.9. The Morgan fingerprint density at radius 3 is 2.64 bits per heavy atom. The predicted molar refractivity (Wildman–Crippen MR) is 139 cm³/mol. The van der Waals surface area contributed by atoms with E-state index in [9.17, 15) is 9.50 Å². The molecule has 0 saturated carbocycles. The molecule has 1 unspecified atom stereocenters. The molecule has 5 heterocycles. The van der Waals surface area contributed by atoms with Crippen molar-refractivity contribution in [2.24, 2.45) is 5.92 Å². The van der Waals surface area contributed by atoms with Gasteiger partial charge in [0.15, 0.2) is 5.82 Å². The first-order chi connectivity index (χ1) is 17.6. The van der Waals surface area contributed by atoms with Crippen molar-refractivity contribution in [2.75, 3.05) is 37.6 Å². The molecule has 2 saturated heterocycles. The molecule has 0 radical (unpaired) electrons. The van der Waals surface area contributed by atoms with Crippen molar-refractivity contribution < 1.29 is 9.50 Å². The minimum absolute atomic E-state index is 0.230. The number of fused-ring (bicyclic) bond motifs is 5. The summed E-state index contributed by atoms with van der Waals surface area (Å²) in [5.41, 5.74) is 6.58. The SMILES string of the molecule is O[C@@H]1CN(c2ccc3c(c2)Cn2cc(-c4ccc(F)cc4)cc2-c2nccn2-3)CC1CN1CCCC1. The zero-order chi connectivity index (χ0) is 24.2. The number of rotatable bonds is 4. The van der Waals surface area contributed by atoms with Crippen LogP contribution in [0.3, 0.4) is 0 Å². The minimum Gasteiger partial charge on any atom is -0.391 e. The van der Waals surface area contributed by atoms with E-state index in [1.165, 1.54) is 30.5 Å². The van der Waals surface area contributed by atoms with Crippen molar-refractivity contribution in [1.29, 1.82) is 0 Å². The first kappa shape index (κ1) is 21.8. The van der Waals surface area contributed by atoms with E-state index in [2.05, 4.69) is 54.4 Å². The molecule has 6 nitrogen and oxygen atoms in total. The molecular formula is C29H30FN5O. The second-order valence-corrected chi connectivity index (χ2v) is 10.4. The standard InChI is InChI=1S/C29H30FN5O/c30-24-5-3-20(4-6-24)21-14-27-29-31-9-12-35(29)26-8-7-25(13-22(26)17-34(27)16-21)33-18-23(28(36)19-33)15-32-10-1-2-11-32/h3-9,12-14,16,23,28,36H,1-2,10-11,15,17-19H2/t23?,28-/m1/s1. The summed E-state index contributed by atoms with van der Waals surface area (Å²) < 4.78 is 17.9. The summed E-state index contributed by atoms with van der Waals surface area (Å²) in [5, 5.41) is 10.8. The Balaban J connectivity index is 1.21. The summed E-state index contributed by atoms with van der Waals surface area (Å²) in [5.74, 6) is 0.958. The highest BCUT2D eigenvalue weighted by molar-refractivity contribution is 5.72. The zero-order valence-corrected chi connectivity index (χ0v) is 20.2. The second kappa shape index (κ2) is 8.61. The number of hydrogen-bond acceptors (Lipinski definition) is 4. The van der Waals surface area contributed by atoms with Crippen LogP contribution in [0.2, 0.25) is 0 Å². The van der Waals surface area contributed by atoms with Crippen LogP contribution in [0.1, 0.15) is 18.4 Å². The minimum atomic E-state index is -0.293. The van der Waals surface area contributed by atoms with Crippen LogP contribution in [0, 0.1) is 11.7 Å². The number of anilines is 1. The lowest BCUT2D eigenvalue weighted by Crippen LogP contribution is -2.32. The molecule has 0 bridgehead atoms. The van der Waals surface area contributed by atoms with Crippen LogP contribution < -0.4 is 4.90 Å². The van der Waals surface area contributed by atoms with E-state index < -0.39 is 0 Å². The third-order valence-corrected chi connectivity index (χ3v) is 8.07. The van der Waals surface area contributed by atoms with E-state index in [4.69, 9.17) is 0 Å². The Bertz CT molecular complexity index is 1400. The van der Waals surface area contributed by atoms with Gasteiger partial charge in [-0.05, 0) is 73.5 Å². The number of halogens is 1. The molecule has 0 amide bonds. The lowest BCUT2D eigenvalue weighted by Gasteiger charge is -2.23. The van der Waals surface area contributed by atoms with E-state index in [1.54, 1.807) is 0 Å². The van der Waals surface area contributed by atoms with Gasteiger partial charge in [0, 0.05) is 61.9 Å². The maximum atomic E-state index is 13.5. The fraction of sp³-hybridized carbons (Fsp3) is 0.345. The third kappa shape index (κ3) is 3.74. The molecule has 3 aliphatic heterocycles. The fourth-order valence-electron chi connectivity index (χ4n) is 6.17. The van der Waals surface area contributed by atoms with Crippen LogP contribution >= 0.6 is 0 Å². The predicted octanol–water partition coefficient (Wildman–Crippen LogP) is 4.40. The van der Waals surface area contributed by atoms with Gasteiger partial charge in [-0.15, -0.1) is 0 Å². The van der Waals surface area contributed by atoms with Crippen molar-refractivity contribution in [3.05, 3.63) is 78.5 Å². The number of aliphatic hydroxyl groups is 1. The second-order valence-electron chi connectivity index (χ2n) is 10.4. The van der Waals surface area contributed by atoms with E-state index in [0.717, 1.165) is 66.7 Å². The van der Waals surface area contributed by atoms with E-state index in [-0.39, 0.29) is 17.8 Å². The zero-order valence-electron chi connectivity index (χ0n) is 20.2. The molecule has 36 heavy (non-hydrogen) atoms. The number of β-amino-alcohol motifs (C(OH)–C–C–N with tert-alkyl or cyclic N) is 1. The average molecular weight is 484 g/mol. The van der Waals surface area contributed by atoms with Crippen LogP contribution in [0.5, 0.6) is 0 Å². The number of likely N-dealkylation sites (tertiary alicyclic amines) is 1. The average Bonchev–Trinajstić information content (AvgIpc) is 3.68. The van der Waals surface area contributed by atoms with Gasteiger partial charge in [-0.25, -0.2) is 9.37 Å². The Morgan fingerprint density at radius 1 is 0.972 bits per heavy atom. The lowest BCUT2D eigenvalue weighted by molar-refractivity contribution is 0.123. The number of benzene rings is 2. The van der Waals surface area contributed by atoms with E-state index in [1.807, 2.05) is 24.5 Å². The van der Waals surface area contributed by atoms with Gasteiger partial charge in [-0.3, -0.25) is 4.57 Å². The molecule has 2 fully saturated rings. The molecule has 2 aromatic carbocycles. The smallest absolute Gasteiger partial charge is 0.161 e. The Kier molecular flexibility index (Phi) is 5.22. The molecule has 7 heteroatoms. The summed E-state index contributed by atoms with van der Waals surface area (Å²) in [6, 6.07) is 15.4. The summed E-state index contributed by atoms with van der Waals surface area (Å²) in [6.45, 7) is 5.59. The molecule has 0 aliphatic carbocycles. The van der Waals surface area contributed by atoms with Crippen LogP contribution in [-0.4, -0.2) is 63.0 Å². The molecule has 4 aromatic rings. The van der Waals surface area contributed by atoms with Gasteiger partial charge in [-0.2, -0.15) is 0 Å². The first-order valence-corrected chi connectivity index (χ1v) is 12.9. The monoisotopic (exact) mass is 483 g/mol. The van der Waals surface area contributed by atoms with Crippen LogP contribution in [0.25, 0.3) is 28.3 Å². The van der Waals surface area contributed by atoms with Gasteiger partial charge in [-0.1, -0.05) is 12.1 Å². The van der Waals surface area contributed by atoms with Crippen LogP contribution in [0.4, 0.5) is 10.1 Å². The van der Waals surface area contributed by atoms with Gasteiger partial charge in [0.05, 0.1) is 17.5 Å². The van der Waals surface area contributed by atoms with Gasteiger partial charge in [0.25, 0.3) is 0 Å². The molecule has 7 rings (SSSR count). The molecule has 0 spiro atoms. The van der Waals surface area contributed by atoms with Crippen molar-refractivity contribution in [3.63, 3.8) is 0 Å². The largest absolute Gasteiger partial charge is 0.391 e. The van der Waals surface area contributed by atoms with Crippen LogP contribution in [0.15, 0.2) is 67.1 Å². The van der Waals surface area contributed by atoms with Crippen molar-refractivity contribution in [2.45, 2.75) is 25.5 Å². The van der Waals surface area contributed by atoms with Gasteiger partial charge in [0.2, 0.25) is 0 Å². The number of hydrogen-bond donors (Lipinski definition) is 1. The van der Waals surface area contributed by atoms with E-state index >= 15 is 0 Å². The number of nitrogens with zero attached hydrogens (tertiary/aromatic N) is 5. The third-order valence-electron chi connectivity index (χ3n) is 8.07. The summed E-state index contributed by atoms with van der Waals surface area (Å²) in [4.78, 5) is 9.52. The molecule has 184 valence electrons. The molecule has 2 aromatic heterocycles.